The van der Waals surface area contributed by atoms with Crippen LogP contribution in [0, 0.1) is 5.92 Å². The quantitative estimate of drug-likeness (QED) is 0.868. The van der Waals surface area contributed by atoms with Gasteiger partial charge in [0.05, 0.1) is 5.54 Å². The molecule has 1 aromatic carbocycles. The molecule has 0 radical (unpaired) electrons. The Morgan fingerprint density at radius 1 is 1.21 bits per heavy atom. The fourth-order valence-electron chi connectivity index (χ4n) is 2.86. The highest BCUT2D eigenvalue weighted by Crippen LogP contribution is 2.45. The number of rotatable bonds is 2. The Morgan fingerprint density at radius 3 is 2.42 bits per heavy atom. The van der Waals surface area contributed by atoms with Crippen LogP contribution in [-0.4, -0.2) is 24.0 Å². The van der Waals surface area contributed by atoms with Crippen LogP contribution < -0.4 is 5.32 Å². The minimum absolute atomic E-state index is 0.0819. The molecule has 1 heterocycles. The third-order valence-corrected chi connectivity index (χ3v) is 4.49. The second-order valence-electron chi connectivity index (χ2n) is 6.05. The molecule has 102 valence electrons. The lowest BCUT2D eigenvalue weighted by Gasteiger charge is -2.32. The van der Waals surface area contributed by atoms with Gasteiger partial charge >= 0.3 is 6.03 Å². The summed E-state index contributed by atoms with van der Waals surface area (Å²) in [7, 11) is 0. The monoisotopic (exact) mass is 258 g/mol. The Morgan fingerprint density at radius 2 is 1.84 bits per heavy atom. The van der Waals surface area contributed by atoms with Crippen molar-refractivity contribution in [3.8, 4) is 0 Å². The summed E-state index contributed by atoms with van der Waals surface area (Å²) in [6.07, 6.45) is 4.39. The molecule has 19 heavy (non-hydrogen) atoms. The van der Waals surface area contributed by atoms with Gasteiger partial charge in [0.2, 0.25) is 0 Å². The van der Waals surface area contributed by atoms with Gasteiger partial charge in [-0.2, -0.15) is 0 Å². The summed E-state index contributed by atoms with van der Waals surface area (Å²) >= 11 is 0. The van der Waals surface area contributed by atoms with Crippen molar-refractivity contribution < 1.29 is 4.79 Å². The third-order valence-electron chi connectivity index (χ3n) is 4.49. The van der Waals surface area contributed by atoms with Gasteiger partial charge in [0.1, 0.15) is 0 Å². The first-order chi connectivity index (χ1) is 9.20. The third kappa shape index (κ3) is 2.60. The minimum Gasteiger partial charge on any atom is -0.328 e. The SMILES string of the molecule is CC1CCN(C(=O)NC2(c3ccccc3)CC2)CC1. The summed E-state index contributed by atoms with van der Waals surface area (Å²) in [6, 6.07) is 10.5. The van der Waals surface area contributed by atoms with Crippen molar-refractivity contribution in [3.63, 3.8) is 0 Å². The van der Waals surface area contributed by atoms with E-state index in [-0.39, 0.29) is 11.6 Å². The molecule has 3 heteroatoms. The molecular weight excluding hydrogens is 236 g/mol. The molecule has 1 saturated carbocycles. The zero-order chi connectivity index (χ0) is 13.3. The number of hydrogen-bond donors (Lipinski definition) is 1. The van der Waals surface area contributed by atoms with Gasteiger partial charge < -0.3 is 10.2 Å². The molecule has 0 atom stereocenters. The number of carbonyl (C=O) groups excluding carboxylic acids is 1. The maximum Gasteiger partial charge on any atom is 0.318 e. The lowest BCUT2D eigenvalue weighted by Crippen LogP contribution is -2.47. The largest absolute Gasteiger partial charge is 0.328 e. The number of piperidine rings is 1. The van der Waals surface area contributed by atoms with Gasteiger partial charge in [-0.15, -0.1) is 0 Å². The number of carbonyl (C=O) groups is 1. The first kappa shape index (κ1) is 12.5. The van der Waals surface area contributed by atoms with Crippen LogP contribution in [0.2, 0.25) is 0 Å². The summed E-state index contributed by atoms with van der Waals surface area (Å²) < 4.78 is 0. The van der Waals surface area contributed by atoms with E-state index in [2.05, 4.69) is 24.4 Å². The van der Waals surface area contributed by atoms with Gasteiger partial charge in [0, 0.05) is 13.1 Å². The Balaban J connectivity index is 1.64. The van der Waals surface area contributed by atoms with E-state index >= 15 is 0 Å². The van der Waals surface area contributed by atoms with Crippen molar-refractivity contribution in [1.82, 2.24) is 10.2 Å². The minimum atomic E-state index is -0.0819. The molecule has 1 N–H and O–H groups in total. The topological polar surface area (TPSA) is 32.3 Å². The van der Waals surface area contributed by atoms with Crippen LogP contribution in [0.4, 0.5) is 4.79 Å². The Bertz CT molecular complexity index is 445. The second-order valence-corrected chi connectivity index (χ2v) is 6.05. The van der Waals surface area contributed by atoms with Crippen molar-refractivity contribution in [2.24, 2.45) is 5.92 Å². The van der Waals surface area contributed by atoms with Crippen molar-refractivity contribution in [2.75, 3.05) is 13.1 Å². The van der Waals surface area contributed by atoms with E-state index in [1.165, 1.54) is 5.56 Å². The van der Waals surface area contributed by atoms with Crippen molar-refractivity contribution in [3.05, 3.63) is 35.9 Å². The number of hydrogen-bond acceptors (Lipinski definition) is 1. The highest BCUT2D eigenvalue weighted by Gasteiger charge is 2.46. The van der Waals surface area contributed by atoms with Crippen LogP contribution >= 0.6 is 0 Å². The van der Waals surface area contributed by atoms with E-state index in [1.807, 2.05) is 23.1 Å². The van der Waals surface area contributed by atoms with E-state index in [9.17, 15) is 4.79 Å². The smallest absolute Gasteiger partial charge is 0.318 e. The molecule has 2 fully saturated rings. The van der Waals surface area contributed by atoms with Gasteiger partial charge in [-0.1, -0.05) is 37.3 Å². The molecule has 0 unspecified atom stereocenters. The maximum atomic E-state index is 12.3. The predicted molar refractivity (Wildman–Crippen MR) is 75.9 cm³/mol. The van der Waals surface area contributed by atoms with E-state index in [4.69, 9.17) is 0 Å². The maximum absolute atomic E-state index is 12.3. The summed E-state index contributed by atoms with van der Waals surface area (Å²) in [4.78, 5) is 14.3. The number of likely N-dealkylation sites (tertiary alicyclic amines) is 1. The lowest BCUT2D eigenvalue weighted by molar-refractivity contribution is 0.169. The second kappa shape index (κ2) is 4.87. The van der Waals surface area contributed by atoms with Crippen LogP contribution in [0.1, 0.15) is 38.2 Å². The van der Waals surface area contributed by atoms with Crippen molar-refractivity contribution in [1.29, 1.82) is 0 Å². The Labute approximate surface area is 115 Å². The van der Waals surface area contributed by atoms with E-state index < -0.39 is 0 Å². The summed E-state index contributed by atoms with van der Waals surface area (Å²) in [5.41, 5.74) is 1.16. The van der Waals surface area contributed by atoms with Crippen LogP contribution in [0.5, 0.6) is 0 Å². The van der Waals surface area contributed by atoms with Crippen molar-refractivity contribution in [2.45, 2.75) is 38.1 Å². The molecule has 0 bridgehead atoms. The fraction of sp³-hybridized carbons (Fsp3) is 0.562. The highest BCUT2D eigenvalue weighted by atomic mass is 16.2. The number of urea groups is 1. The van der Waals surface area contributed by atoms with Gasteiger partial charge in [-0.05, 0) is 37.2 Å². The standard InChI is InChI=1S/C16H22N2O/c1-13-7-11-18(12-8-13)15(19)17-16(9-10-16)14-5-3-2-4-6-14/h2-6,13H,7-12H2,1H3,(H,17,19). The molecule has 2 aliphatic rings. The first-order valence-corrected chi connectivity index (χ1v) is 7.32. The van der Waals surface area contributed by atoms with Gasteiger partial charge in [-0.25, -0.2) is 4.79 Å². The summed E-state index contributed by atoms with van der Waals surface area (Å²) in [6.45, 7) is 4.07. The van der Waals surface area contributed by atoms with Gasteiger partial charge in [-0.3, -0.25) is 0 Å². The zero-order valence-electron chi connectivity index (χ0n) is 11.6. The average Bonchev–Trinajstić information content (AvgIpc) is 3.21. The summed E-state index contributed by atoms with van der Waals surface area (Å²) in [5, 5.41) is 3.26. The van der Waals surface area contributed by atoms with Crippen LogP contribution in [0.3, 0.4) is 0 Å². The molecule has 3 nitrogen and oxygen atoms in total. The summed E-state index contributed by atoms with van der Waals surface area (Å²) in [5.74, 6) is 0.757. The van der Waals surface area contributed by atoms with E-state index in [1.54, 1.807) is 0 Å². The van der Waals surface area contributed by atoms with Crippen molar-refractivity contribution >= 4 is 6.03 Å². The Kier molecular flexibility index (Phi) is 3.21. The molecule has 0 aromatic heterocycles. The number of nitrogens with zero attached hydrogens (tertiary/aromatic N) is 1. The highest BCUT2D eigenvalue weighted by molar-refractivity contribution is 5.76. The van der Waals surface area contributed by atoms with Gasteiger partial charge in [0.25, 0.3) is 0 Å². The fourth-order valence-corrected chi connectivity index (χ4v) is 2.86. The van der Waals surface area contributed by atoms with Gasteiger partial charge in [0.15, 0.2) is 0 Å². The van der Waals surface area contributed by atoms with Crippen LogP contribution in [-0.2, 0) is 5.54 Å². The van der Waals surface area contributed by atoms with E-state index in [0.29, 0.717) is 0 Å². The molecule has 2 amide bonds. The van der Waals surface area contributed by atoms with Crippen LogP contribution in [0.25, 0.3) is 0 Å². The average molecular weight is 258 g/mol. The number of nitrogens with one attached hydrogen (secondary N) is 1. The normalized spacial score (nSPS) is 22.1. The molecule has 3 rings (SSSR count). The van der Waals surface area contributed by atoms with E-state index in [0.717, 1.165) is 44.7 Å². The molecule has 1 aliphatic heterocycles. The molecule has 1 saturated heterocycles. The molecule has 1 aliphatic carbocycles. The predicted octanol–water partition coefficient (Wildman–Crippen LogP) is 3.12. The molecule has 0 spiro atoms. The van der Waals surface area contributed by atoms with Crippen LogP contribution in [0.15, 0.2) is 30.3 Å². The number of benzene rings is 1. The molecular formula is C16H22N2O. The first-order valence-electron chi connectivity index (χ1n) is 7.32. The lowest BCUT2D eigenvalue weighted by atomic mass is 9.99. The Hall–Kier alpha value is -1.51. The molecule has 1 aromatic rings. The zero-order valence-corrected chi connectivity index (χ0v) is 11.6. The number of amides is 2.